The number of para-hydroxylation sites is 1. The molecular formula is C22H22O2. The number of ether oxygens (including phenoxy) is 1. The number of aliphatic hydroxyl groups excluding tert-OH is 1. The Kier molecular flexibility index (Phi) is 5.65. The maximum absolute atomic E-state index is 10.3. The lowest BCUT2D eigenvalue weighted by molar-refractivity contribution is 0.167. The molecule has 0 saturated heterocycles. The van der Waals surface area contributed by atoms with Crippen LogP contribution in [0.1, 0.15) is 29.2 Å². The van der Waals surface area contributed by atoms with E-state index in [-0.39, 0.29) is 0 Å². The summed E-state index contributed by atoms with van der Waals surface area (Å²) in [7, 11) is 0. The minimum absolute atomic E-state index is 0.451. The van der Waals surface area contributed by atoms with Gasteiger partial charge in [-0.25, -0.2) is 0 Å². The van der Waals surface area contributed by atoms with Gasteiger partial charge in [-0.15, -0.1) is 0 Å². The quantitative estimate of drug-likeness (QED) is 0.669. The Labute approximate surface area is 143 Å². The molecule has 2 heteroatoms. The van der Waals surface area contributed by atoms with Gasteiger partial charge in [0.25, 0.3) is 0 Å². The fourth-order valence-corrected chi connectivity index (χ4v) is 2.72. The third-order valence-electron chi connectivity index (χ3n) is 4.08. The molecule has 0 heterocycles. The minimum atomic E-state index is -0.451. The highest BCUT2D eigenvalue weighted by atomic mass is 16.5. The predicted octanol–water partition coefficient (Wildman–Crippen LogP) is 4.93. The van der Waals surface area contributed by atoms with E-state index in [2.05, 4.69) is 18.2 Å². The summed E-state index contributed by atoms with van der Waals surface area (Å²) in [4.78, 5) is 0. The number of aliphatic hydroxyl groups is 1. The monoisotopic (exact) mass is 318 g/mol. The first-order valence-corrected chi connectivity index (χ1v) is 8.30. The standard InChI is InChI=1S/C22H22O2/c23-21(19-11-5-2-6-12-19)16-15-20-13-7-8-14-22(20)24-17-18-9-3-1-4-10-18/h1-14,21,23H,15-17H2. The summed E-state index contributed by atoms with van der Waals surface area (Å²) >= 11 is 0. The second kappa shape index (κ2) is 8.32. The zero-order valence-corrected chi connectivity index (χ0v) is 13.6. The predicted molar refractivity (Wildman–Crippen MR) is 96.9 cm³/mol. The zero-order valence-electron chi connectivity index (χ0n) is 13.6. The van der Waals surface area contributed by atoms with Crippen molar-refractivity contribution in [3.63, 3.8) is 0 Å². The summed E-state index contributed by atoms with van der Waals surface area (Å²) in [5.74, 6) is 0.890. The average Bonchev–Trinajstić information content (AvgIpc) is 2.66. The van der Waals surface area contributed by atoms with Gasteiger partial charge in [0.1, 0.15) is 12.4 Å². The van der Waals surface area contributed by atoms with Gasteiger partial charge in [0.2, 0.25) is 0 Å². The highest BCUT2D eigenvalue weighted by molar-refractivity contribution is 5.34. The summed E-state index contributed by atoms with van der Waals surface area (Å²) < 4.78 is 5.98. The molecule has 0 aliphatic rings. The van der Waals surface area contributed by atoms with Crippen LogP contribution in [0, 0.1) is 0 Å². The Morgan fingerprint density at radius 1 is 0.750 bits per heavy atom. The molecule has 1 unspecified atom stereocenters. The van der Waals surface area contributed by atoms with Crippen LogP contribution in [0.5, 0.6) is 5.75 Å². The van der Waals surface area contributed by atoms with E-state index in [1.807, 2.05) is 66.7 Å². The van der Waals surface area contributed by atoms with Gasteiger partial charge in [0.05, 0.1) is 6.10 Å². The highest BCUT2D eigenvalue weighted by Gasteiger charge is 2.10. The van der Waals surface area contributed by atoms with E-state index in [0.717, 1.165) is 28.9 Å². The zero-order chi connectivity index (χ0) is 16.6. The SMILES string of the molecule is OC(CCc1ccccc1OCc1ccccc1)c1ccccc1. The first kappa shape index (κ1) is 16.3. The van der Waals surface area contributed by atoms with Crippen LogP contribution in [0.2, 0.25) is 0 Å². The van der Waals surface area contributed by atoms with Crippen molar-refractivity contribution in [1.82, 2.24) is 0 Å². The lowest BCUT2D eigenvalue weighted by Gasteiger charge is -2.14. The van der Waals surface area contributed by atoms with Crippen molar-refractivity contribution in [2.24, 2.45) is 0 Å². The van der Waals surface area contributed by atoms with Crippen molar-refractivity contribution in [3.05, 3.63) is 102 Å². The van der Waals surface area contributed by atoms with Crippen molar-refractivity contribution >= 4 is 0 Å². The molecule has 122 valence electrons. The van der Waals surface area contributed by atoms with Crippen LogP contribution in [0.25, 0.3) is 0 Å². The Morgan fingerprint density at radius 3 is 2.12 bits per heavy atom. The summed E-state index contributed by atoms with van der Waals surface area (Å²) in [6.07, 6.45) is 1.00. The topological polar surface area (TPSA) is 29.5 Å². The minimum Gasteiger partial charge on any atom is -0.489 e. The number of hydrogen-bond acceptors (Lipinski definition) is 2. The summed E-state index contributed by atoms with van der Waals surface area (Å²) in [5.41, 5.74) is 3.24. The molecular weight excluding hydrogens is 296 g/mol. The Bertz CT molecular complexity index is 738. The van der Waals surface area contributed by atoms with Crippen LogP contribution in [-0.4, -0.2) is 5.11 Å². The number of rotatable bonds is 7. The van der Waals surface area contributed by atoms with Crippen LogP contribution < -0.4 is 4.74 Å². The molecule has 0 radical (unpaired) electrons. The molecule has 3 aromatic rings. The molecule has 2 nitrogen and oxygen atoms in total. The summed E-state index contributed by atoms with van der Waals surface area (Å²) in [5, 5.41) is 10.3. The molecule has 3 rings (SSSR count). The Balaban J connectivity index is 1.61. The van der Waals surface area contributed by atoms with Crippen LogP contribution in [0.3, 0.4) is 0 Å². The maximum Gasteiger partial charge on any atom is 0.122 e. The van der Waals surface area contributed by atoms with Gasteiger partial charge in [-0.2, -0.15) is 0 Å². The van der Waals surface area contributed by atoms with E-state index in [1.165, 1.54) is 0 Å². The molecule has 24 heavy (non-hydrogen) atoms. The molecule has 1 atom stereocenters. The van der Waals surface area contributed by atoms with Crippen LogP contribution >= 0.6 is 0 Å². The number of aryl methyl sites for hydroxylation is 1. The summed E-state index contributed by atoms with van der Waals surface area (Å²) in [6, 6.07) is 28.0. The molecule has 0 amide bonds. The fourth-order valence-electron chi connectivity index (χ4n) is 2.72. The van der Waals surface area contributed by atoms with Gasteiger partial charge in [0, 0.05) is 0 Å². The van der Waals surface area contributed by atoms with E-state index in [1.54, 1.807) is 0 Å². The lowest BCUT2D eigenvalue weighted by atomic mass is 10.0. The summed E-state index contributed by atoms with van der Waals surface area (Å²) in [6.45, 7) is 0.555. The van der Waals surface area contributed by atoms with Crippen molar-refractivity contribution in [2.75, 3.05) is 0 Å². The van der Waals surface area contributed by atoms with Crippen molar-refractivity contribution in [1.29, 1.82) is 0 Å². The van der Waals surface area contributed by atoms with Crippen molar-refractivity contribution < 1.29 is 9.84 Å². The Hall–Kier alpha value is -2.58. The Morgan fingerprint density at radius 2 is 1.38 bits per heavy atom. The molecule has 0 fully saturated rings. The van der Waals surface area contributed by atoms with Crippen LogP contribution in [0.4, 0.5) is 0 Å². The van der Waals surface area contributed by atoms with Crippen molar-refractivity contribution in [2.45, 2.75) is 25.6 Å². The third-order valence-corrected chi connectivity index (χ3v) is 4.08. The van der Waals surface area contributed by atoms with E-state index < -0.39 is 6.10 Å². The van der Waals surface area contributed by atoms with E-state index in [4.69, 9.17) is 4.74 Å². The molecule has 0 aliphatic heterocycles. The molecule has 0 aromatic heterocycles. The maximum atomic E-state index is 10.3. The number of benzene rings is 3. The lowest BCUT2D eigenvalue weighted by Crippen LogP contribution is -2.02. The van der Waals surface area contributed by atoms with Gasteiger partial charge in [-0.1, -0.05) is 78.9 Å². The molecule has 0 saturated carbocycles. The first-order chi connectivity index (χ1) is 11.8. The van der Waals surface area contributed by atoms with Gasteiger partial charge >= 0.3 is 0 Å². The normalized spacial score (nSPS) is 11.9. The first-order valence-electron chi connectivity index (χ1n) is 8.30. The average molecular weight is 318 g/mol. The van der Waals surface area contributed by atoms with Gasteiger partial charge in [-0.05, 0) is 35.6 Å². The van der Waals surface area contributed by atoms with Crippen LogP contribution in [0.15, 0.2) is 84.9 Å². The second-order valence-corrected chi connectivity index (χ2v) is 5.85. The molecule has 3 aromatic carbocycles. The molecule has 0 aliphatic carbocycles. The van der Waals surface area contributed by atoms with E-state index >= 15 is 0 Å². The third kappa shape index (κ3) is 4.46. The fraction of sp³-hybridized carbons (Fsp3) is 0.182. The smallest absolute Gasteiger partial charge is 0.122 e. The van der Waals surface area contributed by atoms with Gasteiger partial charge in [-0.3, -0.25) is 0 Å². The molecule has 1 N–H and O–H groups in total. The largest absolute Gasteiger partial charge is 0.489 e. The molecule has 0 bridgehead atoms. The van der Waals surface area contributed by atoms with Crippen molar-refractivity contribution in [3.8, 4) is 5.75 Å². The highest BCUT2D eigenvalue weighted by Crippen LogP contribution is 2.24. The molecule has 0 spiro atoms. The number of hydrogen-bond donors (Lipinski definition) is 1. The second-order valence-electron chi connectivity index (χ2n) is 5.85. The van der Waals surface area contributed by atoms with Gasteiger partial charge in [0.15, 0.2) is 0 Å². The van der Waals surface area contributed by atoms with Gasteiger partial charge < -0.3 is 9.84 Å². The van der Waals surface area contributed by atoms with Crippen LogP contribution in [-0.2, 0) is 13.0 Å². The van der Waals surface area contributed by atoms with E-state index in [0.29, 0.717) is 13.0 Å². The van der Waals surface area contributed by atoms with E-state index in [9.17, 15) is 5.11 Å².